The van der Waals surface area contributed by atoms with E-state index in [4.69, 9.17) is 9.47 Å². The molecule has 7 nitrogen and oxygen atoms in total. The van der Waals surface area contributed by atoms with Gasteiger partial charge in [0.15, 0.2) is 13.2 Å². The van der Waals surface area contributed by atoms with Gasteiger partial charge in [-0.05, 0) is 103 Å². The van der Waals surface area contributed by atoms with E-state index in [-0.39, 0.29) is 25.2 Å². The number of rotatable bonds is 14. The number of nitrogens with zero attached hydrogens (tertiary/aromatic N) is 3. The summed E-state index contributed by atoms with van der Waals surface area (Å²) in [5.74, 6) is -0.775. The fourth-order valence-electron chi connectivity index (χ4n) is 8.37. The van der Waals surface area contributed by atoms with Crippen molar-refractivity contribution in [3.63, 3.8) is 0 Å². The molecule has 64 heavy (non-hydrogen) atoms. The minimum atomic E-state index is -0.387. The zero-order valence-electron chi connectivity index (χ0n) is 36.0. The Bertz CT molecular complexity index is 3050. The normalized spacial score (nSPS) is 14.9. The molecular weight excluding hydrogens is 831 g/mol. The lowest BCUT2D eigenvalue weighted by Gasteiger charge is -2.28. The van der Waals surface area contributed by atoms with Gasteiger partial charge in [-0.15, -0.1) is 0 Å². The summed E-state index contributed by atoms with van der Waals surface area (Å²) in [6, 6.07) is 46.7. The van der Waals surface area contributed by atoms with Gasteiger partial charge in [-0.25, -0.2) is 9.59 Å². The van der Waals surface area contributed by atoms with Gasteiger partial charge in [0, 0.05) is 38.9 Å². The summed E-state index contributed by atoms with van der Waals surface area (Å²) in [4.78, 5) is 30.8. The number of thioether (sulfide) groups is 1. The molecule has 0 fully saturated rings. The molecule has 0 radical (unpaired) electrons. The average molecular weight is 879 g/mol. The van der Waals surface area contributed by atoms with Crippen molar-refractivity contribution in [1.82, 2.24) is 0 Å². The van der Waals surface area contributed by atoms with Crippen LogP contribution in [-0.4, -0.2) is 31.7 Å². The van der Waals surface area contributed by atoms with Crippen LogP contribution in [0.25, 0.3) is 37.8 Å². The van der Waals surface area contributed by atoms with Crippen LogP contribution in [0.4, 0.5) is 17.1 Å². The molecule has 0 atom stereocenters. The number of thiazole rings is 1. The van der Waals surface area contributed by atoms with Gasteiger partial charge in [0.1, 0.15) is 11.3 Å². The molecule has 1 aliphatic heterocycles. The van der Waals surface area contributed by atoms with E-state index in [2.05, 4.69) is 185 Å². The number of benzene rings is 6. The van der Waals surface area contributed by atoms with Gasteiger partial charge >= 0.3 is 11.9 Å². The number of carbonyl (C=O) groups is 2. The first-order valence-corrected chi connectivity index (χ1v) is 23.1. The Balaban J connectivity index is 1.16. The predicted molar refractivity (Wildman–Crippen MR) is 265 cm³/mol. The van der Waals surface area contributed by atoms with Crippen molar-refractivity contribution in [3.8, 4) is 0 Å². The van der Waals surface area contributed by atoms with Crippen LogP contribution in [0.1, 0.15) is 31.7 Å². The van der Waals surface area contributed by atoms with Crippen LogP contribution in [0.3, 0.4) is 0 Å². The van der Waals surface area contributed by atoms with E-state index in [1.165, 1.54) is 11.1 Å². The summed E-state index contributed by atoms with van der Waals surface area (Å²) < 4.78 is 14.8. The zero-order chi connectivity index (χ0) is 44.2. The molecule has 0 unspecified atom stereocenters. The van der Waals surface area contributed by atoms with Gasteiger partial charge in [0.05, 0.1) is 28.3 Å². The van der Waals surface area contributed by atoms with E-state index in [9.17, 15) is 9.59 Å². The summed E-state index contributed by atoms with van der Waals surface area (Å²) in [6.45, 7) is 12.3. The molecule has 2 heterocycles. The van der Waals surface area contributed by atoms with E-state index in [1.54, 1.807) is 36.9 Å². The van der Waals surface area contributed by atoms with Crippen molar-refractivity contribution in [2.75, 3.05) is 29.6 Å². The molecule has 1 aromatic heterocycles. The van der Waals surface area contributed by atoms with Crippen molar-refractivity contribution in [2.45, 2.75) is 38.1 Å². The first-order chi connectivity index (χ1) is 31.2. The van der Waals surface area contributed by atoms with E-state index in [0.717, 1.165) is 82.3 Å². The molecule has 0 saturated carbocycles. The maximum Gasteiger partial charge on any atom is 0.333 e. The van der Waals surface area contributed by atoms with E-state index in [1.807, 2.05) is 0 Å². The lowest BCUT2D eigenvalue weighted by atomic mass is 10.1. The zero-order valence-corrected chi connectivity index (χ0v) is 37.6. The van der Waals surface area contributed by atoms with Crippen molar-refractivity contribution in [1.29, 1.82) is 0 Å². The average Bonchev–Trinajstić information content (AvgIpc) is 4.01. The third-order valence-electron chi connectivity index (χ3n) is 11.4. The highest BCUT2D eigenvalue weighted by atomic mass is 32.2. The number of hydrogen-bond donors (Lipinski definition) is 0. The number of carbonyl (C=O) groups excluding carboxylic acids is 2. The molecule has 7 aromatic rings. The Morgan fingerprint density at radius 3 is 2.00 bits per heavy atom. The van der Waals surface area contributed by atoms with Crippen molar-refractivity contribution >= 4 is 89.9 Å². The number of allylic oxidation sites excluding steroid dienone is 5. The molecule has 2 aliphatic rings. The minimum Gasteiger partial charge on any atom is -0.460 e. The number of anilines is 3. The molecule has 318 valence electrons. The van der Waals surface area contributed by atoms with Gasteiger partial charge in [-0.1, -0.05) is 133 Å². The third kappa shape index (κ3) is 8.69. The number of ether oxygens (including phenoxy) is 2. The van der Waals surface area contributed by atoms with Gasteiger partial charge in [-0.2, -0.15) is 4.57 Å². The van der Waals surface area contributed by atoms with Gasteiger partial charge in [0.2, 0.25) is 5.52 Å². The van der Waals surface area contributed by atoms with Gasteiger partial charge in [0.25, 0.3) is 5.01 Å². The third-order valence-corrected chi connectivity index (χ3v) is 13.6. The highest BCUT2D eigenvalue weighted by Gasteiger charge is 2.30. The van der Waals surface area contributed by atoms with Crippen LogP contribution in [-0.2, 0) is 25.6 Å². The van der Waals surface area contributed by atoms with Crippen LogP contribution in [0.2, 0.25) is 0 Å². The topological polar surface area (TPSA) is 63.0 Å². The molecule has 0 N–H and O–H groups in total. The van der Waals surface area contributed by atoms with E-state index >= 15 is 0 Å². The first kappa shape index (κ1) is 42.4. The Labute approximate surface area is 382 Å². The standard InChI is InChI=1S/C55H48N3O4S2/c1-37(2)54(59)61-35-33-56-49(63-47-29-25-39-15-11-13-21-45(39)52(47)56)31-27-41-23-24-42(51(41)58(43-17-7-5-8-18-43)44-19-9-6-10-20-44)28-32-50-57(34-36-62-55(60)38(3)4)53-46-22-14-12-16-40(46)26-30-48(53)64-50/h5-22,25-32H,1,3,23-24,33-36H2,2,4H3/q+1. The summed E-state index contributed by atoms with van der Waals surface area (Å²) >= 11 is 3.47. The maximum absolute atomic E-state index is 12.5. The second-order valence-electron chi connectivity index (χ2n) is 15.9. The molecule has 0 saturated heterocycles. The largest absolute Gasteiger partial charge is 0.460 e. The Kier molecular flexibility index (Phi) is 12.4. The van der Waals surface area contributed by atoms with Crippen molar-refractivity contribution in [3.05, 3.63) is 203 Å². The number of hydrogen-bond acceptors (Lipinski definition) is 8. The number of esters is 2. The number of fused-ring (bicyclic) bond motifs is 6. The highest BCUT2D eigenvalue weighted by Crippen LogP contribution is 2.50. The molecule has 6 aromatic carbocycles. The predicted octanol–water partition coefficient (Wildman–Crippen LogP) is 13.0. The molecular formula is C55H48N3O4S2+. The quantitative estimate of drug-likeness (QED) is 0.0612. The fourth-order valence-corrected chi connectivity index (χ4v) is 10.6. The lowest BCUT2D eigenvalue weighted by Crippen LogP contribution is -2.38. The number of para-hydroxylation sites is 2. The molecule has 0 spiro atoms. The minimum absolute atomic E-state index is 0.225. The van der Waals surface area contributed by atoms with Gasteiger partial charge in [-0.3, -0.25) is 0 Å². The van der Waals surface area contributed by atoms with Crippen LogP contribution in [0, 0.1) is 0 Å². The van der Waals surface area contributed by atoms with Crippen LogP contribution < -0.4 is 14.4 Å². The van der Waals surface area contributed by atoms with Crippen LogP contribution in [0.15, 0.2) is 203 Å². The highest BCUT2D eigenvalue weighted by molar-refractivity contribution is 8.03. The molecule has 0 bridgehead atoms. The van der Waals surface area contributed by atoms with Crippen molar-refractivity contribution < 1.29 is 23.6 Å². The Morgan fingerprint density at radius 2 is 1.31 bits per heavy atom. The Hall–Kier alpha value is -6.94. The van der Waals surface area contributed by atoms with Crippen molar-refractivity contribution in [2.24, 2.45) is 0 Å². The molecule has 0 amide bonds. The summed E-state index contributed by atoms with van der Waals surface area (Å²) in [6.07, 6.45) is 10.7. The molecule has 1 aliphatic carbocycles. The smallest absolute Gasteiger partial charge is 0.333 e. The first-order valence-electron chi connectivity index (χ1n) is 21.4. The summed E-state index contributed by atoms with van der Waals surface area (Å²) in [7, 11) is 0. The SMILES string of the molecule is C=C(C)C(=O)OCCN1C(=CC=C2CCC(C=Cc3sc4ccc5ccccc5c4[n+]3CCOC(=O)C(=C)C)=C2N(c2ccccc2)c2ccccc2)Sc2ccc3ccccc3c21. The fraction of sp³-hybridized carbons (Fsp3) is 0.145. The second kappa shape index (κ2) is 18.8. The number of aromatic nitrogens is 1. The Morgan fingerprint density at radius 1 is 0.703 bits per heavy atom. The molecule has 9 heteroatoms. The second-order valence-corrected chi connectivity index (χ2v) is 18.0. The van der Waals surface area contributed by atoms with E-state index < -0.39 is 0 Å². The monoisotopic (exact) mass is 878 g/mol. The summed E-state index contributed by atoms with van der Waals surface area (Å²) in [5, 5.41) is 6.75. The summed E-state index contributed by atoms with van der Waals surface area (Å²) in [5.41, 5.74) is 8.68. The van der Waals surface area contributed by atoms with E-state index in [0.29, 0.717) is 24.2 Å². The molecule has 9 rings (SSSR count). The van der Waals surface area contributed by atoms with Crippen LogP contribution >= 0.6 is 23.1 Å². The maximum atomic E-state index is 12.5. The van der Waals surface area contributed by atoms with Gasteiger partial charge < -0.3 is 19.3 Å². The van der Waals surface area contributed by atoms with Crippen LogP contribution in [0.5, 0.6) is 0 Å². The lowest BCUT2D eigenvalue weighted by molar-refractivity contribution is -0.669.